The van der Waals surface area contributed by atoms with E-state index in [1.807, 2.05) is 32.1 Å². The molecule has 178 valence electrons. The average Bonchev–Trinajstić information content (AvgIpc) is 3.39. The van der Waals surface area contributed by atoms with Crippen molar-refractivity contribution in [1.29, 1.82) is 5.26 Å². The number of ether oxygens (including phenoxy) is 2. The molecule has 4 rings (SSSR count). The molecule has 0 unspecified atom stereocenters. The number of para-hydroxylation sites is 1. The number of allylic oxidation sites excluding steroid dienone is 1. The highest BCUT2D eigenvalue weighted by atomic mass is 35.5. The molecule has 1 fully saturated rings. The van der Waals surface area contributed by atoms with E-state index in [0.717, 1.165) is 5.56 Å². The Morgan fingerprint density at radius 3 is 2.46 bits per heavy atom. The van der Waals surface area contributed by atoms with E-state index in [0.29, 0.717) is 21.4 Å². The molecule has 3 aromatic carbocycles. The summed E-state index contributed by atoms with van der Waals surface area (Å²) >= 11 is 12.4. The second-order valence-corrected chi connectivity index (χ2v) is 9.74. The summed E-state index contributed by atoms with van der Waals surface area (Å²) in [6, 6.07) is 21.7. The van der Waals surface area contributed by atoms with Crippen molar-refractivity contribution < 1.29 is 18.7 Å². The zero-order chi connectivity index (χ0) is 25.2. The predicted octanol–water partition coefficient (Wildman–Crippen LogP) is 7.93. The Hall–Kier alpha value is -3.33. The molecular formula is C28H22Cl2FNO3. The van der Waals surface area contributed by atoms with Crippen molar-refractivity contribution in [3.63, 3.8) is 0 Å². The lowest BCUT2D eigenvalue weighted by atomic mass is 10.1. The van der Waals surface area contributed by atoms with Gasteiger partial charge in [-0.2, -0.15) is 5.26 Å². The first-order valence-corrected chi connectivity index (χ1v) is 11.7. The minimum Gasteiger partial charge on any atom is -0.454 e. The smallest absolute Gasteiger partial charge is 0.311 e. The highest BCUT2D eigenvalue weighted by molar-refractivity contribution is 6.48. The number of carbonyl (C=O) groups is 1. The van der Waals surface area contributed by atoms with Gasteiger partial charge in [0.15, 0.2) is 11.6 Å². The van der Waals surface area contributed by atoms with Gasteiger partial charge >= 0.3 is 5.97 Å². The van der Waals surface area contributed by atoms with Gasteiger partial charge in [0.25, 0.3) is 0 Å². The van der Waals surface area contributed by atoms with Crippen molar-refractivity contribution in [2.45, 2.75) is 20.0 Å². The van der Waals surface area contributed by atoms with E-state index in [4.69, 9.17) is 32.7 Å². The third-order valence-electron chi connectivity index (χ3n) is 6.19. The topological polar surface area (TPSA) is 59.3 Å². The summed E-state index contributed by atoms with van der Waals surface area (Å²) in [7, 11) is 0. The first-order chi connectivity index (χ1) is 16.7. The number of nitriles is 1. The Kier molecular flexibility index (Phi) is 7.16. The Labute approximate surface area is 213 Å². The van der Waals surface area contributed by atoms with Gasteiger partial charge in [-0.1, -0.05) is 79.5 Å². The van der Waals surface area contributed by atoms with E-state index >= 15 is 0 Å². The number of hydrogen-bond acceptors (Lipinski definition) is 4. The van der Waals surface area contributed by atoms with Crippen LogP contribution in [0.3, 0.4) is 0 Å². The number of carbonyl (C=O) groups excluding carboxylic acids is 1. The summed E-state index contributed by atoms with van der Waals surface area (Å²) in [5, 5.41) is 10.8. The van der Waals surface area contributed by atoms with Gasteiger partial charge in [-0.15, -0.1) is 0 Å². The van der Waals surface area contributed by atoms with Gasteiger partial charge in [-0.3, -0.25) is 4.79 Å². The molecule has 0 aromatic heterocycles. The fraction of sp³-hybridized carbons (Fsp3) is 0.214. The van der Waals surface area contributed by atoms with Crippen LogP contribution in [-0.4, -0.2) is 5.97 Å². The SMILES string of the molecule is CC1(C)[C@@H](/C=C(\Cl)c2ccc(Cl)cc2)[C@@H]1C(=O)O[C@@H](C#N)c1ccc(F)c(Oc2ccccc2)c1. The summed E-state index contributed by atoms with van der Waals surface area (Å²) in [6.45, 7) is 3.88. The van der Waals surface area contributed by atoms with Crippen molar-refractivity contribution in [3.05, 3.63) is 101 Å². The summed E-state index contributed by atoms with van der Waals surface area (Å²) < 4.78 is 25.5. The molecule has 35 heavy (non-hydrogen) atoms. The molecule has 3 aromatic rings. The maximum absolute atomic E-state index is 14.3. The molecule has 7 heteroatoms. The molecule has 0 saturated heterocycles. The van der Waals surface area contributed by atoms with Crippen LogP contribution in [0.2, 0.25) is 5.02 Å². The quantitative estimate of drug-likeness (QED) is 0.303. The van der Waals surface area contributed by atoms with Gasteiger partial charge < -0.3 is 9.47 Å². The molecule has 1 saturated carbocycles. The lowest BCUT2D eigenvalue weighted by molar-refractivity contribution is -0.149. The summed E-state index contributed by atoms with van der Waals surface area (Å²) in [6.07, 6.45) is 0.621. The maximum atomic E-state index is 14.3. The molecule has 0 bridgehead atoms. The monoisotopic (exact) mass is 509 g/mol. The molecule has 0 aliphatic heterocycles. The summed E-state index contributed by atoms with van der Waals surface area (Å²) in [4.78, 5) is 13.0. The van der Waals surface area contributed by atoms with Crippen LogP contribution >= 0.6 is 23.2 Å². The summed E-state index contributed by atoms with van der Waals surface area (Å²) in [5.41, 5.74) is 0.713. The molecule has 0 heterocycles. The third kappa shape index (κ3) is 5.51. The van der Waals surface area contributed by atoms with Crippen LogP contribution in [0.15, 0.2) is 78.9 Å². The van der Waals surface area contributed by atoms with Gasteiger partial charge in [0, 0.05) is 15.6 Å². The molecule has 0 spiro atoms. The van der Waals surface area contributed by atoms with Crippen LogP contribution < -0.4 is 4.74 Å². The van der Waals surface area contributed by atoms with Crippen LogP contribution in [0.1, 0.15) is 31.1 Å². The lowest BCUT2D eigenvalue weighted by Crippen LogP contribution is -2.14. The van der Waals surface area contributed by atoms with Crippen molar-refractivity contribution in [2.24, 2.45) is 17.3 Å². The number of esters is 1. The second kappa shape index (κ2) is 10.1. The molecule has 4 nitrogen and oxygen atoms in total. The second-order valence-electron chi connectivity index (χ2n) is 8.90. The highest BCUT2D eigenvalue weighted by Crippen LogP contribution is 2.60. The molecule has 0 amide bonds. The Balaban J connectivity index is 1.49. The van der Waals surface area contributed by atoms with Gasteiger partial charge in [-0.25, -0.2) is 4.39 Å². The lowest BCUT2D eigenvalue weighted by Gasteiger charge is -2.14. The van der Waals surface area contributed by atoms with Gasteiger partial charge in [-0.05, 0) is 53.3 Å². The third-order valence-corrected chi connectivity index (χ3v) is 6.79. The zero-order valence-electron chi connectivity index (χ0n) is 19.0. The van der Waals surface area contributed by atoms with Gasteiger partial charge in [0.05, 0.1) is 5.92 Å². The Morgan fingerprint density at radius 1 is 1.11 bits per heavy atom. The normalized spacial score (nSPS) is 19.4. The highest BCUT2D eigenvalue weighted by Gasteiger charge is 2.62. The molecular weight excluding hydrogens is 488 g/mol. The molecule has 0 N–H and O–H groups in total. The van der Waals surface area contributed by atoms with Gasteiger partial charge in [0.1, 0.15) is 11.8 Å². The first-order valence-electron chi connectivity index (χ1n) is 11.0. The largest absolute Gasteiger partial charge is 0.454 e. The Bertz CT molecular complexity index is 1300. The Morgan fingerprint density at radius 2 is 1.80 bits per heavy atom. The van der Waals surface area contributed by atoms with Crippen LogP contribution in [-0.2, 0) is 9.53 Å². The minimum atomic E-state index is -1.21. The van der Waals surface area contributed by atoms with Crippen LogP contribution in [0.4, 0.5) is 4.39 Å². The number of benzene rings is 3. The van der Waals surface area contributed by atoms with Crippen LogP contribution in [0.25, 0.3) is 5.03 Å². The standard InChI is InChI=1S/C28H22Cl2FNO3/c1-28(2)21(15-22(30)17-8-11-19(29)12-9-17)26(28)27(33)35-25(16-32)18-10-13-23(31)24(14-18)34-20-6-4-3-5-7-20/h3-15,21,25-26H,1-2H3/b22-15-/t21-,25-,26+/m0/s1. The number of rotatable bonds is 7. The van der Waals surface area contributed by atoms with E-state index in [2.05, 4.69) is 0 Å². The molecule has 3 atom stereocenters. The van der Waals surface area contributed by atoms with E-state index in [-0.39, 0.29) is 11.7 Å². The van der Waals surface area contributed by atoms with Crippen LogP contribution in [0, 0.1) is 34.4 Å². The average molecular weight is 510 g/mol. The van der Waals surface area contributed by atoms with E-state index in [9.17, 15) is 14.4 Å². The minimum absolute atomic E-state index is 0.0627. The first kappa shape index (κ1) is 24.8. The fourth-order valence-corrected chi connectivity index (χ4v) is 4.42. The number of hydrogen-bond donors (Lipinski definition) is 0. The number of nitrogens with zero attached hydrogens (tertiary/aromatic N) is 1. The predicted molar refractivity (Wildman–Crippen MR) is 133 cm³/mol. The van der Waals surface area contributed by atoms with E-state index in [1.54, 1.807) is 48.5 Å². The maximum Gasteiger partial charge on any atom is 0.311 e. The molecule has 0 radical (unpaired) electrons. The fourth-order valence-electron chi connectivity index (χ4n) is 4.04. The molecule has 1 aliphatic rings. The van der Waals surface area contributed by atoms with Crippen molar-refractivity contribution in [1.82, 2.24) is 0 Å². The van der Waals surface area contributed by atoms with Crippen LogP contribution in [0.5, 0.6) is 11.5 Å². The molecule has 1 aliphatic carbocycles. The summed E-state index contributed by atoms with van der Waals surface area (Å²) in [5.74, 6) is -1.36. The zero-order valence-corrected chi connectivity index (χ0v) is 20.6. The van der Waals surface area contributed by atoms with Crippen molar-refractivity contribution >= 4 is 34.2 Å². The number of halogens is 3. The van der Waals surface area contributed by atoms with Crippen molar-refractivity contribution in [3.8, 4) is 17.6 Å². The van der Waals surface area contributed by atoms with Crippen molar-refractivity contribution in [2.75, 3.05) is 0 Å². The van der Waals surface area contributed by atoms with E-state index < -0.39 is 29.2 Å². The van der Waals surface area contributed by atoms with Gasteiger partial charge in [0.2, 0.25) is 6.10 Å². The van der Waals surface area contributed by atoms with E-state index in [1.165, 1.54) is 18.2 Å².